The summed E-state index contributed by atoms with van der Waals surface area (Å²) in [4.78, 5) is 0. The lowest BCUT2D eigenvalue weighted by Gasteiger charge is -2.12. The van der Waals surface area contributed by atoms with Crippen molar-refractivity contribution in [2.24, 2.45) is 0 Å². The molecule has 2 aromatic rings. The molecule has 0 saturated carbocycles. The lowest BCUT2D eigenvalue weighted by atomic mass is 10.1. The van der Waals surface area contributed by atoms with Crippen molar-refractivity contribution in [2.45, 2.75) is 26.3 Å². The predicted octanol–water partition coefficient (Wildman–Crippen LogP) is 3.71. The minimum absolute atomic E-state index is 0.184. The van der Waals surface area contributed by atoms with Crippen molar-refractivity contribution in [3.8, 4) is 0 Å². The SMILES string of the molecule is Cc1ccc(NCc2ccc(CO)o2)cc1C(F)(F)F. The van der Waals surface area contributed by atoms with Crippen molar-refractivity contribution in [1.29, 1.82) is 0 Å². The largest absolute Gasteiger partial charge is 0.462 e. The molecule has 0 bridgehead atoms. The van der Waals surface area contributed by atoms with Crippen molar-refractivity contribution in [2.75, 3.05) is 5.32 Å². The van der Waals surface area contributed by atoms with E-state index in [0.29, 0.717) is 17.2 Å². The van der Waals surface area contributed by atoms with Gasteiger partial charge in [-0.2, -0.15) is 13.2 Å². The molecular formula is C14H14F3NO2. The second-order valence-corrected chi connectivity index (χ2v) is 4.41. The number of rotatable bonds is 4. The van der Waals surface area contributed by atoms with E-state index in [9.17, 15) is 13.2 Å². The van der Waals surface area contributed by atoms with Crippen LogP contribution in [0.4, 0.5) is 18.9 Å². The van der Waals surface area contributed by atoms with Gasteiger partial charge in [0.2, 0.25) is 0 Å². The number of furan rings is 1. The van der Waals surface area contributed by atoms with E-state index in [2.05, 4.69) is 5.32 Å². The zero-order valence-corrected chi connectivity index (χ0v) is 10.8. The molecule has 0 aliphatic carbocycles. The Bertz CT molecular complexity index is 590. The molecular weight excluding hydrogens is 271 g/mol. The molecule has 1 aromatic carbocycles. The molecule has 0 saturated heterocycles. The summed E-state index contributed by atoms with van der Waals surface area (Å²) < 4.78 is 43.5. The Morgan fingerprint density at radius 1 is 1.15 bits per heavy atom. The Hall–Kier alpha value is -1.95. The van der Waals surface area contributed by atoms with E-state index in [4.69, 9.17) is 9.52 Å². The highest BCUT2D eigenvalue weighted by atomic mass is 19.4. The molecule has 2 N–H and O–H groups in total. The van der Waals surface area contributed by atoms with Crippen molar-refractivity contribution in [1.82, 2.24) is 0 Å². The monoisotopic (exact) mass is 285 g/mol. The lowest BCUT2D eigenvalue weighted by molar-refractivity contribution is -0.138. The third-order valence-corrected chi connectivity index (χ3v) is 2.88. The van der Waals surface area contributed by atoms with Crippen LogP contribution in [0.3, 0.4) is 0 Å². The topological polar surface area (TPSA) is 45.4 Å². The van der Waals surface area contributed by atoms with Gasteiger partial charge in [-0.15, -0.1) is 0 Å². The molecule has 0 amide bonds. The van der Waals surface area contributed by atoms with E-state index < -0.39 is 11.7 Å². The molecule has 0 aliphatic rings. The van der Waals surface area contributed by atoms with E-state index in [1.165, 1.54) is 13.0 Å². The number of halogens is 3. The standard InChI is InChI=1S/C14H14F3NO2/c1-9-2-3-10(6-13(9)14(15,16)17)18-7-11-4-5-12(8-19)20-11/h2-6,18-19H,7-8H2,1H3. The van der Waals surface area contributed by atoms with E-state index in [1.807, 2.05) is 0 Å². The summed E-state index contributed by atoms with van der Waals surface area (Å²) in [5.41, 5.74) is -0.105. The smallest absolute Gasteiger partial charge is 0.416 e. The number of hydrogen-bond acceptors (Lipinski definition) is 3. The number of alkyl halides is 3. The first kappa shape index (κ1) is 14.5. The number of aliphatic hydroxyl groups excluding tert-OH is 1. The van der Waals surface area contributed by atoms with Gasteiger partial charge in [-0.25, -0.2) is 0 Å². The lowest BCUT2D eigenvalue weighted by Crippen LogP contribution is -2.08. The number of aliphatic hydroxyl groups is 1. The zero-order chi connectivity index (χ0) is 14.8. The highest BCUT2D eigenvalue weighted by molar-refractivity contribution is 5.49. The van der Waals surface area contributed by atoms with Crippen LogP contribution in [0.5, 0.6) is 0 Å². The van der Waals surface area contributed by atoms with E-state index in [0.717, 1.165) is 6.07 Å². The van der Waals surface area contributed by atoms with Crippen LogP contribution < -0.4 is 5.32 Å². The van der Waals surface area contributed by atoms with Gasteiger partial charge in [-0.1, -0.05) is 6.07 Å². The Labute approximate surface area is 114 Å². The van der Waals surface area contributed by atoms with Crippen molar-refractivity contribution in [3.63, 3.8) is 0 Å². The van der Waals surface area contributed by atoms with Crippen LogP contribution in [0.2, 0.25) is 0 Å². The molecule has 2 rings (SSSR count). The second kappa shape index (κ2) is 5.58. The highest BCUT2D eigenvalue weighted by Crippen LogP contribution is 2.33. The molecule has 3 nitrogen and oxygen atoms in total. The maximum Gasteiger partial charge on any atom is 0.416 e. The third kappa shape index (κ3) is 3.33. The first-order valence-electron chi connectivity index (χ1n) is 6.00. The summed E-state index contributed by atoms with van der Waals surface area (Å²) in [6.45, 7) is 1.47. The second-order valence-electron chi connectivity index (χ2n) is 4.41. The fourth-order valence-corrected chi connectivity index (χ4v) is 1.83. The predicted molar refractivity (Wildman–Crippen MR) is 68.1 cm³/mol. The molecule has 0 unspecified atom stereocenters. The van der Waals surface area contributed by atoms with Crippen molar-refractivity contribution in [3.05, 3.63) is 53.0 Å². The van der Waals surface area contributed by atoms with E-state index in [-0.39, 0.29) is 18.7 Å². The van der Waals surface area contributed by atoms with Gasteiger partial charge in [0.15, 0.2) is 0 Å². The molecule has 0 radical (unpaired) electrons. The molecule has 0 spiro atoms. The van der Waals surface area contributed by atoms with Gasteiger partial charge in [-0.3, -0.25) is 0 Å². The molecule has 1 heterocycles. The maximum absolute atomic E-state index is 12.8. The average molecular weight is 285 g/mol. The fraction of sp³-hybridized carbons (Fsp3) is 0.286. The first-order valence-corrected chi connectivity index (χ1v) is 6.00. The number of nitrogens with one attached hydrogen (secondary N) is 1. The summed E-state index contributed by atoms with van der Waals surface area (Å²) in [5, 5.41) is 11.7. The summed E-state index contributed by atoms with van der Waals surface area (Å²) in [6.07, 6.45) is -4.36. The van der Waals surface area contributed by atoms with Crippen LogP contribution in [0.1, 0.15) is 22.6 Å². The van der Waals surface area contributed by atoms with Crippen LogP contribution in [-0.4, -0.2) is 5.11 Å². The Kier molecular flexibility index (Phi) is 4.04. The van der Waals surface area contributed by atoms with Gasteiger partial charge in [0, 0.05) is 5.69 Å². The first-order chi connectivity index (χ1) is 9.40. The third-order valence-electron chi connectivity index (χ3n) is 2.88. The Balaban J connectivity index is 2.10. The van der Waals surface area contributed by atoms with E-state index >= 15 is 0 Å². The van der Waals surface area contributed by atoms with Crippen LogP contribution in [0.15, 0.2) is 34.7 Å². The van der Waals surface area contributed by atoms with Gasteiger partial charge in [0.1, 0.15) is 18.1 Å². The summed E-state index contributed by atoms with van der Waals surface area (Å²) in [5.74, 6) is 0.963. The zero-order valence-electron chi connectivity index (χ0n) is 10.8. The summed E-state index contributed by atoms with van der Waals surface area (Å²) in [6, 6.07) is 7.36. The quantitative estimate of drug-likeness (QED) is 0.900. The van der Waals surface area contributed by atoms with Crippen LogP contribution in [-0.2, 0) is 19.3 Å². The Morgan fingerprint density at radius 3 is 2.45 bits per heavy atom. The number of anilines is 1. The maximum atomic E-state index is 12.8. The minimum atomic E-state index is -4.36. The number of aryl methyl sites for hydroxylation is 1. The molecule has 0 fully saturated rings. The van der Waals surface area contributed by atoms with Gasteiger partial charge in [0.05, 0.1) is 12.1 Å². The van der Waals surface area contributed by atoms with Crippen LogP contribution in [0.25, 0.3) is 0 Å². The van der Waals surface area contributed by atoms with Gasteiger partial charge < -0.3 is 14.8 Å². The fourth-order valence-electron chi connectivity index (χ4n) is 1.83. The summed E-state index contributed by atoms with van der Waals surface area (Å²) in [7, 11) is 0. The minimum Gasteiger partial charge on any atom is -0.462 e. The highest BCUT2D eigenvalue weighted by Gasteiger charge is 2.32. The summed E-state index contributed by atoms with van der Waals surface area (Å²) >= 11 is 0. The number of benzene rings is 1. The van der Waals surface area contributed by atoms with Crippen molar-refractivity contribution < 1.29 is 22.7 Å². The molecule has 108 valence electrons. The normalized spacial score (nSPS) is 11.7. The van der Waals surface area contributed by atoms with Crippen LogP contribution in [0, 0.1) is 6.92 Å². The molecule has 0 atom stereocenters. The molecule has 1 aromatic heterocycles. The van der Waals surface area contributed by atoms with Crippen molar-refractivity contribution >= 4 is 5.69 Å². The molecule has 6 heteroatoms. The van der Waals surface area contributed by atoms with E-state index in [1.54, 1.807) is 18.2 Å². The Morgan fingerprint density at radius 2 is 1.85 bits per heavy atom. The van der Waals surface area contributed by atoms with Crippen LogP contribution >= 0.6 is 0 Å². The van der Waals surface area contributed by atoms with Gasteiger partial charge >= 0.3 is 6.18 Å². The number of hydrogen-bond donors (Lipinski definition) is 2. The molecule has 0 aliphatic heterocycles. The van der Waals surface area contributed by atoms with Gasteiger partial charge in [-0.05, 0) is 36.8 Å². The molecule has 20 heavy (non-hydrogen) atoms. The average Bonchev–Trinajstić information content (AvgIpc) is 2.84. The van der Waals surface area contributed by atoms with Gasteiger partial charge in [0.25, 0.3) is 0 Å².